The number of carbonyl (C=O) groups is 1. The normalized spacial score (nSPS) is 11.1. The van der Waals surface area contributed by atoms with E-state index in [1.54, 1.807) is 6.20 Å². The topological polar surface area (TPSA) is 82.2 Å². The number of hydrogen-bond donors (Lipinski definition) is 2. The lowest BCUT2D eigenvalue weighted by molar-refractivity contribution is 0.0924. The summed E-state index contributed by atoms with van der Waals surface area (Å²) < 4.78 is 7.30. The van der Waals surface area contributed by atoms with Crippen LogP contribution >= 0.6 is 0 Å². The predicted octanol–water partition coefficient (Wildman–Crippen LogP) is 1.33. The third-order valence-electron chi connectivity index (χ3n) is 3.12. The van der Waals surface area contributed by atoms with Crippen LogP contribution in [0.1, 0.15) is 42.7 Å². The maximum absolute atomic E-state index is 12.1. The highest BCUT2D eigenvalue weighted by Gasteiger charge is 2.13. The van der Waals surface area contributed by atoms with E-state index < -0.39 is 0 Å². The number of amides is 1. The average Bonchev–Trinajstić information content (AvgIpc) is 2.81. The molecule has 0 bridgehead atoms. The highest BCUT2D eigenvalue weighted by Crippen LogP contribution is 2.07. The molecule has 1 heterocycles. The molecule has 0 saturated carbocycles. The van der Waals surface area contributed by atoms with E-state index in [4.69, 9.17) is 10.5 Å². The molecule has 3 N–H and O–H groups in total. The van der Waals surface area contributed by atoms with Crippen LogP contribution in [0.25, 0.3) is 0 Å². The van der Waals surface area contributed by atoms with E-state index in [2.05, 4.69) is 24.3 Å². The molecular weight excluding hydrogens is 268 g/mol. The lowest BCUT2D eigenvalue weighted by Crippen LogP contribution is -2.26. The zero-order chi connectivity index (χ0) is 15.7. The number of rotatable bonds is 10. The molecule has 0 aromatic carbocycles. The Morgan fingerprint density at radius 1 is 1.48 bits per heavy atom. The molecule has 1 amide bonds. The fourth-order valence-corrected chi connectivity index (χ4v) is 1.93. The number of hydrogen-bond acceptors (Lipinski definition) is 4. The van der Waals surface area contributed by atoms with Crippen molar-refractivity contribution in [1.29, 1.82) is 0 Å². The van der Waals surface area contributed by atoms with Gasteiger partial charge < -0.3 is 15.8 Å². The molecule has 1 rings (SSSR count). The van der Waals surface area contributed by atoms with Crippen LogP contribution in [0.5, 0.6) is 0 Å². The number of nitrogens with one attached hydrogen (secondary N) is 1. The molecule has 0 atom stereocenters. The zero-order valence-corrected chi connectivity index (χ0v) is 13.4. The van der Waals surface area contributed by atoms with Gasteiger partial charge in [-0.05, 0) is 32.2 Å². The molecule has 21 heavy (non-hydrogen) atoms. The standard InChI is InChI=1S/C15H28N4O2/c1-12(2)11-21-9-5-7-17-15(20)14-10-18-19(13(14)3)8-4-6-16/h10,12H,4-9,11,16H2,1-3H3,(H,17,20). The van der Waals surface area contributed by atoms with Crippen LogP contribution in [0.3, 0.4) is 0 Å². The Hall–Kier alpha value is -1.40. The zero-order valence-electron chi connectivity index (χ0n) is 13.4. The van der Waals surface area contributed by atoms with Gasteiger partial charge in [0, 0.05) is 32.0 Å². The Labute approximate surface area is 127 Å². The van der Waals surface area contributed by atoms with Gasteiger partial charge in [0.2, 0.25) is 0 Å². The van der Waals surface area contributed by atoms with Crippen LogP contribution in [0.15, 0.2) is 6.20 Å². The van der Waals surface area contributed by atoms with Gasteiger partial charge in [0.25, 0.3) is 5.91 Å². The number of carbonyl (C=O) groups excluding carboxylic acids is 1. The largest absolute Gasteiger partial charge is 0.381 e. The minimum Gasteiger partial charge on any atom is -0.381 e. The van der Waals surface area contributed by atoms with E-state index in [0.717, 1.165) is 31.7 Å². The minimum atomic E-state index is -0.0737. The summed E-state index contributed by atoms with van der Waals surface area (Å²) in [4.78, 5) is 12.1. The van der Waals surface area contributed by atoms with Crippen LogP contribution in [0, 0.1) is 12.8 Å². The van der Waals surface area contributed by atoms with Crippen molar-refractivity contribution >= 4 is 5.91 Å². The van der Waals surface area contributed by atoms with Gasteiger partial charge in [-0.1, -0.05) is 13.8 Å². The van der Waals surface area contributed by atoms with Crippen LogP contribution in [-0.4, -0.2) is 42.0 Å². The first kappa shape index (κ1) is 17.7. The fourth-order valence-electron chi connectivity index (χ4n) is 1.93. The molecule has 0 unspecified atom stereocenters. The second-order valence-corrected chi connectivity index (χ2v) is 5.59. The van der Waals surface area contributed by atoms with E-state index in [-0.39, 0.29) is 5.91 Å². The number of aryl methyl sites for hydroxylation is 1. The van der Waals surface area contributed by atoms with Crippen molar-refractivity contribution in [3.8, 4) is 0 Å². The molecule has 0 saturated heterocycles. The van der Waals surface area contributed by atoms with E-state index >= 15 is 0 Å². The molecule has 1 aromatic rings. The molecule has 120 valence electrons. The highest BCUT2D eigenvalue weighted by molar-refractivity contribution is 5.94. The van der Waals surface area contributed by atoms with E-state index in [1.807, 2.05) is 11.6 Å². The molecule has 6 heteroatoms. The third kappa shape index (κ3) is 6.27. The van der Waals surface area contributed by atoms with Crippen molar-refractivity contribution in [3.05, 3.63) is 17.5 Å². The molecule has 1 aromatic heterocycles. The molecule has 0 aliphatic rings. The molecule has 0 fully saturated rings. The van der Waals surface area contributed by atoms with Crippen molar-refractivity contribution in [1.82, 2.24) is 15.1 Å². The Bertz CT molecular complexity index is 429. The fraction of sp³-hybridized carbons (Fsp3) is 0.733. The summed E-state index contributed by atoms with van der Waals surface area (Å²) in [5.41, 5.74) is 7.01. The van der Waals surface area contributed by atoms with E-state index in [1.165, 1.54) is 0 Å². The summed E-state index contributed by atoms with van der Waals surface area (Å²) in [5.74, 6) is 0.469. The first-order valence-corrected chi connectivity index (χ1v) is 7.64. The van der Waals surface area contributed by atoms with Gasteiger partial charge in [0.15, 0.2) is 0 Å². The van der Waals surface area contributed by atoms with E-state index in [9.17, 15) is 4.79 Å². The second kappa shape index (κ2) is 9.52. The lowest BCUT2D eigenvalue weighted by atomic mass is 10.2. The first-order chi connectivity index (χ1) is 10.1. The predicted molar refractivity (Wildman–Crippen MR) is 83.2 cm³/mol. The quantitative estimate of drug-likeness (QED) is 0.638. The molecule has 0 aliphatic carbocycles. The van der Waals surface area contributed by atoms with Crippen molar-refractivity contribution in [2.24, 2.45) is 11.7 Å². The van der Waals surface area contributed by atoms with Crippen molar-refractivity contribution in [3.63, 3.8) is 0 Å². The third-order valence-corrected chi connectivity index (χ3v) is 3.12. The van der Waals surface area contributed by atoms with Gasteiger partial charge in [0.1, 0.15) is 0 Å². The summed E-state index contributed by atoms with van der Waals surface area (Å²) in [6, 6.07) is 0. The van der Waals surface area contributed by atoms with Crippen molar-refractivity contribution in [2.75, 3.05) is 26.3 Å². The Morgan fingerprint density at radius 3 is 2.90 bits per heavy atom. The van der Waals surface area contributed by atoms with Gasteiger partial charge in [-0.15, -0.1) is 0 Å². The Kier molecular flexibility index (Phi) is 8.00. The van der Waals surface area contributed by atoms with Gasteiger partial charge in [0.05, 0.1) is 11.8 Å². The summed E-state index contributed by atoms with van der Waals surface area (Å²) in [6.07, 6.45) is 3.30. The lowest BCUT2D eigenvalue weighted by Gasteiger charge is -2.08. The monoisotopic (exact) mass is 296 g/mol. The minimum absolute atomic E-state index is 0.0737. The smallest absolute Gasteiger partial charge is 0.254 e. The van der Waals surface area contributed by atoms with Gasteiger partial charge in [-0.3, -0.25) is 9.48 Å². The Balaban J connectivity index is 2.30. The second-order valence-electron chi connectivity index (χ2n) is 5.59. The summed E-state index contributed by atoms with van der Waals surface area (Å²) >= 11 is 0. The van der Waals surface area contributed by atoms with Gasteiger partial charge in [-0.2, -0.15) is 5.10 Å². The molecule has 6 nitrogen and oxygen atoms in total. The van der Waals surface area contributed by atoms with Crippen LogP contribution in [0.4, 0.5) is 0 Å². The number of aromatic nitrogens is 2. The average molecular weight is 296 g/mol. The summed E-state index contributed by atoms with van der Waals surface area (Å²) in [6.45, 7) is 9.57. The number of nitrogens with zero attached hydrogens (tertiary/aromatic N) is 2. The Morgan fingerprint density at radius 2 is 2.24 bits per heavy atom. The van der Waals surface area contributed by atoms with Crippen molar-refractivity contribution < 1.29 is 9.53 Å². The maximum atomic E-state index is 12.1. The first-order valence-electron chi connectivity index (χ1n) is 7.64. The molecular formula is C15H28N4O2. The summed E-state index contributed by atoms with van der Waals surface area (Å²) in [5, 5.41) is 7.13. The summed E-state index contributed by atoms with van der Waals surface area (Å²) in [7, 11) is 0. The van der Waals surface area contributed by atoms with Gasteiger partial charge in [-0.25, -0.2) is 0 Å². The maximum Gasteiger partial charge on any atom is 0.254 e. The van der Waals surface area contributed by atoms with E-state index in [0.29, 0.717) is 31.2 Å². The SMILES string of the molecule is Cc1c(C(=O)NCCCOCC(C)C)cnn1CCCN. The van der Waals surface area contributed by atoms with Crippen LogP contribution < -0.4 is 11.1 Å². The van der Waals surface area contributed by atoms with Crippen LogP contribution in [-0.2, 0) is 11.3 Å². The number of nitrogens with two attached hydrogens (primary N) is 1. The molecule has 0 spiro atoms. The number of ether oxygens (including phenoxy) is 1. The van der Waals surface area contributed by atoms with Gasteiger partial charge >= 0.3 is 0 Å². The van der Waals surface area contributed by atoms with Crippen LogP contribution in [0.2, 0.25) is 0 Å². The molecule has 0 radical (unpaired) electrons. The molecule has 0 aliphatic heterocycles. The highest BCUT2D eigenvalue weighted by atomic mass is 16.5. The van der Waals surface area contributed by atoms with Crippen molar-refractivity contribution in [2.45, 2.75) is 40.2 Å².